The van der Waals surface area contributed by atoms with E-state index in [1.54, 1.807) is 12.1 Å². The Balaban J connectivity index is 2.02. The number of hydrogen-bond acceptors (Lipinski definition) is 5. The number of halogens is 5. The number of nitrogens with zero attached hydrogens (tertiary/aromatic N) is 3. The standard InChI is InChI=1S/C19H14Cl2F3N3O3/c1-29-8-9-30-18-25-16(14-7-6-13(20)10-15(14)21)27(26-18)17(28)11-2-4-12(5-3-11)19(22,23)24/h2-7,10H,8-9H2,1H3. The summed E-state index contributed by atoms with van der Waals surface area (Å²) < 4.78 is 49.5. The van der Waals surface area contributed by atoms with Crippen LogP contribution in [0.2, 0.25) is 10.0 Å². The van der Waals surface area contributed by atoms with Crippen molar-refractivity contribution in [2.24, 2.45) is 0 Å². The molecule has 0 amide bonds. The van der Waals surface area contributed by atoms with Gasteiger partial charge in [-0.1, -0.05) is 23.2 Å². The van der Waals surface area contributed by atoms with Crippen LogP contribution in [0.25, 0.3) is 11.4 Å². The lowest BCUT2D eigenvalue weighted by Crippen LogP contribution is -2.16. The van der Waals surface area contributed by atoms with Gasteiger partial charge in [0.2, 0.25) is 0 Å². The SMILES string of the molecule is COCCOc1nc(-c2ccc(Cl)cc2Cl)n(C(=O)c2ccc(C(F)(F)F)cc2)n1. The Hall–Kier alpha value is -2.62. The van der Waals surface area contributed by atoms with Crippen LogP contribution >= 0.6 is 23.2 Å². The molecule has 3 aromatic rings. The first-order valence-corrected chi connectivity index (χ1v) is 9.22. The number of hydrogen-bond donors (Lipinski definition) is 0. The lowest BCUT2D eigenvalue weighted by Gasteiger charge is -2.09. The summed E-state index contributed by atoms with van der Waals surface area (Å²) in [6, 6.07) is 8.20. The molecule has 3 rings (SSSR count). The van der Waals surface area contributed by atoms with Gasteiger partial charge >= 0.3 is 12.2 Å². The van der Waals surface area contributed by atoms with Crippen LogP contribution in [0.1, 0.15) is 15.9 Å². The van der Waals surface area contributed by atoms with E-state index in [2.05, 4.69) is 10.1 Å². The van der Waals surface area contributed by atoms with Gasteiger partial charge in [-0.05, 0) is 42.5 Å². The maximum absolute atomic E-state index is 13.0. The molecule has 158 valence electrons. The van der Waals surface area contributed by atoms with Gasteiger partial charge in [0, 0.05) is 23.3 Å². The summed E-state index contributed by atoms with van der Waals surface area (Å²) in [5.41, 5.74) is -0.555. The minimum atomic E-state index is -4.51. The molecule has 0 N–H and O–H groups in total. The fourth-order valence-electron chi connectivity index (χ4n) is 2.48. The van der Waals surface area contributed by atoms with Crippen LogP contribution in [0.5, 0.6) is 6.01 Å². The smallest absolute Gasteiger partial charge is 0.416 e. The number of rotatable bonds is 6. The van der Waals surface area contributed by atoms with Gasteiger partial charge < -0.3 is 9.47 Å². The Morgan fingerprint density at radius 3 is 2.40 bits per heavy atom. The minimum Gasteiger partial charge on any atom is -0.460 e. The van der Waals surface area contributed by atoms with Gasteiger partial charge in [-0.25, -0.2) is 0 Å². The summed E-state index contributed by atoms with van der Waals surface area (Å²) in [5.74, 6) is -0.659. The van der Waals surface area contributed by atoms with Gasteiger partial charge in [-0.2, -0.15) is 22.8 Å². The average Bonchev–Trinajstić information content (AvgIpc) is 3.11. The molecular weight excluding hydrogens is 446 g/mol. The van der Waals surface area contributed by atoms with E-state index < -0.39 is 17.6 Å². The number of carbonyl (C=O) groups excluding carboxylic acids is 1. The third-order valence-corrected chi connectivity index (χ3v) is 4.48. The predicted octanol–water partition coefficient (Wildman–Crippen LogP) is 4.98. The second kappa shape index (κ2) is 9.03. The molecule has 2 aromatic carbocycles. The van der Waals surface area contributed by atoms with E-state index in [0.29, 0.717) is 10.6 Å². The summed E-state index contributed by atoms with van der Waals surface area (Å²) in [6.45, 7) is 0.390. The van der Waals surface area contributed by atoms with Crippen LogP contribution in [0, 0.1) is 0 Å². The van der Waals surface area contributed by atoms with E-state index in [1.807, 2.05) is 0 Å². The highest BCUT2D eigenvalue weighted by Crippen LogP contribution is 2.32. The minimum absolute atomic E-state index is 0.0253. The quantitative estimate of drug-likeness (QED) is 0.486. The highest BCUT2D eigenvalue weighted by atomic mass is 35.5. The van der Waals surface area contributed by atoms with E-state index in [-0.39, 0.29) is 35.6 Å². The number of alkyl halides is 3. The van der Waals surface area contributed by atoms with Crippen molar-refractivity contribution >= 4 is 29.1 Å². The van der Waals surface area contributed by atoms with Crippen LogP contribution in [0.3, 0.4) is 0 Å². The molecule has 30 heavy (non-hydrogen) atoms. The molecule has 11 heteroatoms. The number of benzene rings is 2. The summed E-state index contributed by atoms with van der Waals surface area (Å²) in [5, 5.41) is 4.62. The van der Waals surface area contributed by atoms with Crippen LogP contribution in [0.4, 0.5) is 13.2 Å². The van der Waals surface area contributed by atoms with Gasteiger partial charge in [0.1, 0.15) is 6.61 Å². The summed E-state index contributed by atoms with van der Waals surface area (Å²) in [4.78, 5) is 17.1. The van der Waals surface area contributed by atoms with Crippen LogP contribution in [-0.4, -0.2) is 41.0 Å². The lowest BCUT2D eigenvalue weighted by atomic mass is 10.1. The molecule has 0 saturated carbocycles. The maximum atomic E-state index is 13.0. The maximum Gasteiger partial charge on any atom is 0.416 e. The van der Waals surface area contributed by atoms with E-state index in [4.69, 9.17) is 32.7 Å². The highest BCUT2D eigenvalue weighted by molar-refractivity contribution is 6.36. The van der Waals surface area contributed by atoms with Crippen molar-refractivity contribution in [2.45, 2.75) is 6.18 Å². The summed E-state index contributed by atoms with van der Waals surface area (Å²) in [7, 11) is 1.49. The Labute approximate surface area is 179 Å². The molecule has 0 fully saturated rings. The zero-order chi connectivity index (χ0) is 21.9. The topological polar surface area (TPSA) is 66.2 Å². The van der Waals surface area contributed by atoms with Crippen molar-refractivity contribution < 1.29 is 27.4 Å². The molecule has 0 bridgehead atoms. The third-order valence-electron chi connectivity index (χ3n) is 3.93. The molecule has 0 aliphatic carbocycles. The Kier molecular flexibility index (Phi) is 6.64. The zero-order valence-electron chi connectivity index (χ0n) is 15.4. The molecule has 6 nitrogen and oxygen atoms in total. The lowest BCUT2D eigenvalue weighted by molar-refractivity contribution is -0.137. The first-order chi connectivity index (χ1) is 14.2. The molecule has 0 radical (unpaired) electrons. The second-order valence-corrected chi connectivity index (χ2v) is 6.82. The normalized spacial score (nSPS) is 11.5. The predicted molar refractivity (Wildman–Crippen MR) is 104 cm³/mol. The summed E-state index contributed by atoms with van der Waals surface area (Å²) in [6.07, 6.45) is -4.51. The van der Waals surface area contributed by atoms with E-state index >= 15 is 0 Å². The van der Waals surface area contributed by atoms with Crippen molar-refractivity contribution in [1.29, 1.82) is 0 Å². The molecule has 0 aliphatic rings. The molecule has 0 atom stereocenters. The fourth-order valence-corrected chi connectivity index (χ4v) is 2.97. The van der Waals surface area contributed by atoms with Crippen molar-refractivity contribution in [3.8, 4) is 17.4 Å². The zero-order valence-corrected chi connectivity index (χ0v) is 16.9. The van der Waals surface area contributed by atoms with Crippen molar-refractivity contribution in [2.75, 3.05) is 20.3 Å². The van der Waals surface area contributed by atoms with Crippen molar-refractivity contribution in [3.63, 3.8) is 0 Å². The van der Waals surface area contributed by atoms with Gasteiger partial charge in [-0.15, -0.1) is 5.10 Å². The van der Waals surface area contributed by atoms with E-state index in [9.17, 15) is 18.0 Å². The average molecular weight is 460 g/mol. The first kappa shape index (κ1) is 22.1. The van der Waals surface area contributed by atoms with Crippen LogP contribution in [-0.2, 0) is 10.9 Å². The molecule has 0 unspecified atom stereocenters. The highest BCUT2D eigenvalue weighted by Gasteiger charge is 2.30. The monoisotopic (exact) mass is 459 g/mol. The van der Waals surface area contributed by atoms with Crippen LogP contribution in [0.15, 0.2) is 42.5 Å². The number of ether oxygens (including phenoxy) is 2. The van der Waals surface area contributed by atoms with Gasteiger partial charge in [0.15, 0.2) is 5.82 Å². The van der Waals surface area contributed by atoms with Crippen LogP contribution < -0.4 is 4.74 Å². The molecule has 0 spiro atoms. The second-order valence-electron chi connectivity index (χ2n) is 5.98. The largest absolute Gasteiger partial charge is 0.460 e. The molecular formula is C19H14Cl2F3N3O3. The Morgan fingerprint density at radius 1 is 1.10 bits per heavy atom. The van der Waals surface area contributed by atoms with E-state index in [1.165, 1.54) is 13.2 Å². The van der Waals surface area contributed by atoms with Gasteiger partial charge in [-0.3, -0.25) is 4.79 Å². The third kappa shape index (κ3) is 4.92. The van der Waals surface area contributed by atoms with Crippen molar-refractivity contribution in [1.82, 2.24) is 14.8 Å². The first-order valence-electron chi connectivity index (χ1n) is 8.47. The Bertz CT molecular complexity index is 1050. The molecule has 0 aliphatic heterocycles. The number of carbonyl (C=O) groups is 1. The molecule has 0 saturated heterocycles. The Morgan fingerprint density at radius 2 is 1.80 bits per heavy atom. The van der Waals surface area contributed by atoms with Crippen molar-refractivity contribution in [3.05, 3.63) is 63.6 Å². The number of methoxy groups -OCH3 is 1. The molecule has 1 heterocycles. The van der Waals surface area contributed by atoms with Gasteiger partial charge in [0.25, 0.3) is 5.91 Å². The number of aromatic nitrogens is 3. The molecule has 1 aromatic heterocycles. The summed E-state index contributed by atoms with van der Waals surface area (Å²) >= 11 is 12.2. The van der Waals surface area contributed by atoms with E-state index in [0.717, 1.165) is 28.9 Å². The fraction of sp³-hybridized carbons (Fsp3) is 0.211. The van der Waals surface area contributed by atoms with Gasteiger partial charge in [0.05, 0.1) is 17.2 Å².